The monoisotopic (exact) mass is 360 g/mol. The minimum Gasteiger partial charge on any atom is -0.497 e. The summed E-state index contributed by atoms with van der Waals surface area (Å²) < 4.78 is 5.39. The van der Waals surface area contributed by atoms with Gasteiger partial charge in [0.05, 0.1) is 18.9 Å². The minimum absolute atomic E-state index is 0.0412. The Morgan fingerprint density at radius 2 is 1.96 bits per heavy atom. The highest BCUT2D eigenvalue weighted by atomic mass is 16.5. The van der Waals surface area contributed by atoms with Gasteiger partial charge >= 0.3 is 0 Å². The van der Waals surface area contributed by atoms with Gasteiger partial charge in [-0.2, -0.15) is 5.10 Å². The number of rotatable bonds is 4. The first-order valence-electron chi connectivity index (χ1n) is 9.37. The zero-order chi connectivity index (χ0) is 19.0. The van der Waals surface area contributed by atoms with Crippen molar-refractivity contribution in [2.45, 2.75) is 32.7 Å². The Hall–Kier alpha value is -2.88. The second-order valence-electron chi connectivity index (χ2n) is 7.25. The highest BCUT2D eigenvalue weighted by molar-refractivity contribution is 6.06. The number of nitrogens with zero attached hydrogens (tertiary/aromatic N) is 2. The smallest absolute Gasteiger partial charge is 0.154 e. The Balaban J connectivity index is 1.81. The summed E-state index contributed by atoms with van der Waals surface area (Å²) in [4.78, 5) is 11.7. The molecule has 1 aliphatic carbocycles. The maximum absolute atomic E-state index is 11.7. The number of carbonyl (C=O) groups excluding carboxylic acids is 1. The molecule has 0 unspecified atom stereocenters. The van der Waals surface area contributed by atoms with E-state index in [4.69, 9.17) is 9.84 Å². The van der Waals surface area contributed by atoms with Gasteiger partial charge in [-0.05, 0) is 56.0 Å². The summed E-state index contributed by atoms with van der Waals surface area (Å²) in [6.45, 7) is 3.55. The lowest BCUT2D eigenvalue weighted by atomic mass is 9.77. The molecule has 0 bridgehead atoms. The third kappa shape index (κ3) is 3.16. The first-order chi connectivity index (χ1) is 13.1. The number of hydrazone groups is 1. The Bertz CT molecular complexity index is 931. The van der Waals surface area contributed by atoms with Crippen LogP contribution in [0.4, 0.5) is 0 Å². The molecule has 0 spiro atoms. The van der Waals surface area contributed by atoms with Gasteiger partial charge in [0.25, 0.3) is 0 Å². The Morgan fingerprint density at radius 1 is 1.19 bits per heavy atom. The van der Waals surface area contributed by atoms with Gasteiger partial charge in [-0.3, -0.25) is 9.80 Å². The van der Waals surface area contributed by atoms with E-state index in [1.807, 2.05) is 24.1 Å². The number of ether oxygens (including phenoxy) is 1. The van der Waals surface area contributed by atoms with Crippen molar-refractivity contribution < 1.29 is 9.53 Å². The van der Waals surface area contributed by atoms with Crippen molar-refractivity contribution in [3.63, 3.8) is 0 Å². The molecule has 2 aliphatic rings. The van der Waals surface area contributed by atoms with E-state index in [0.717, 1.165) is 30.0 Å². The van der Waals surface area contributed by atoms with Gasteiger partial charge in [0.2, 0.25) is 0 Å². The van der Waals surface area contributed by atoms with E-state index in [-0.39, 0.29) is 11.8 Å². The molecule has 0 N–H and O–H groups in total. The molecular weight excluding hydrogens is 336 g/mol. The fourth-order valence-electron chi connectivity index (χ4n) is 4.27. The predicted octanol–water partition coefficient (Wildman–Crippen LogP) is 4.51. The topological polar surface area (TPSA) is 41.9 Å². The second kappa shape index (κ2) is 7.03. The van der Waals surface area contributed by atoms with Crippen molar-refractivity contribution in [1.82, 2.24) is 5.01 Å². The van der Waals surface area contributed by atoms with E-state index in [9.17, 15) is 4.79 Å². The SMILES string of the molecule is COc1ccc2c(c1)CC[C@H]1C2=NN(/C(C)=C/C(C)=O)[C@H]1c1ccccc1. The molecule has 2 atom stereocenters. The standard InChI is InChI=1S/C23H24N2O2/c1-15(13-16(2)26)25-23(17-7-5-4-6-8-17)21-11-9-18-14-19(27-3)10-12-20(18)22(21)24-25/h4-8,10,12-14,21,23H,9,11H2,1-3H3/b15-13+/t21-,23-/m0/s1. The van der Waals surface area contributed by atoms with Crippen LogP contribution in [0.3, 0.4) is 0 Å². The molecule has 27 heavy (non-hydrogen) atoms. The van der Waals surface area contributed by atoms with Crippen molar-refractivity contribution in [2.75, 3.05) is 7.11 Å². The van der Waals surface area contributed by atoms with Gasteiger partial charge in [-0.1, -0.05) is 30.3 Å². The van der Waals surface area contributed by atoms with Crippen LogP contribution >= 0.6 is 0 Å². The lowest BCUT2D eigenvalue weighted by molar-refractivity contribution is -0.112. The molecule has 0 radical (unpaired) electrons. The first kappa shape index (κ1) is 17.5. The molecule has 138 valence electrons. The molecule has 0 aromatic heterocycles. The molecule has 0 saturated heterocycles. The maximum atomic E-state index is 11.7. The number of carbonyl (C=O) groups is 1. The van der Waals surface area contributed by atoms with Gasteiger partial charge in [0, 0.05) is 23.3 Å². The molecule has 4 heteroatoms. The summed E-state index contributed by atoms with van der Waals surface area (Å²) in [5.41, 5.74) is 5.71. The molecule has 1 aliphatic heterocycles. The number of hydrogen-bond acceptors (Lipinski definition) is 4. The van der Waals surface area contributed by atoms with Gasteiger partial charge < -0.3 is 4.74 Å². The van der Waals surface area contributed by atoms with Crippen molar-refractivity contribution >= 4 is 11.5 Å². The summed E-state index contributed by atoms with van der Waals surface area (Å²) in [7, 11) is 1.70. The van der Waals surface area contributed by atoms with Gasteiger partial charge in [0.1, 0.15) is 5.75 Å². The summed E-state index contributed by atoms with van der Waals surface area (Å²) in [6.07, 6.45) is 3.71. The van der Waals surface area contributed by atoms with E-state index < -0.39 is 0 Å². The van der Waals surface area contributed by atoms with Crippen LogP contribution in [-0.4, -0.2) is 23.6 Å². The Labute approximate surface area is 160 Å². The van der Waals surface area contributed by atoms with Crippen molar-refractivity contribution in [2.24, 2.45) is 11.0 Å². The van der Waals surface area contributed by atoms with E-state index in [1.165, 1.54) is 16.7 Å². The number of ketones is 1. The zero-order valence-electron chi connectivity index (χ0n) is 16.0. The van der Waals surface area contributed by atoms with Crippen LogP contribution in [0.1, 0.15) is 43.0 Å². The number of fused-ring (bicyclic) bond motifs is 3. The van der Waals surface area contributed by atoms with E-state index in [1.54, 1.807) is 20.1 Å². The van der Waals surface area contributed by atoms with Gasteiger partial charge in [-0.25, -0.2) is 0 Å². The Morgan fingerprint density at radius 3 is 2.67 bits per heavy atom. The van der Waals surface area contributed by atoms with Crippen LogP contribution < -0.4 is 4.74 Å². The minimum atomic E-state index is 0.0412. The molecule has 0 fully saturated rings. The maximum Gasteiger partial charge on any atom is 0.154 e. The number of allylic oxidation sites excluding steroid dienone is 2. The summed E-state index contributed by atoms with van der Waals surface area (Å²) in [5.74, 6) is 1.23. The molecule has 0 amide bonds. The first-order valence-corrected chi connectivity index (χ1v) is 9.37. The number of benzene rings is 2. The Kier molecular flexibility index (Phi) is 4.56. The number of hydrogen-bond donors (Lipinski definition) is 0. The van der Waals surface area contributed by atoms with Crippen LogP contribution in [-0.2, 0) is 11.2 Å². The van der Waals surface area contributed by atoms with E-state index >= 15 is 0 Å². The zero-order valence-corrected chi connectivity index (χ0v) is 16.0. The highest BCUT2D eigenvalue weighted by Crippen LogP contribution is 2.45. The normalized spacial score (nSPS) is 21.4. The fraction of sp³-hybridized carbons (Fsp3) is 0.304. The van der Waals surface area contributed by atoms with Crippen molar-refractivity contribution in [3.8, 4) is 5.75 Å². The number of methoxy groups -OCH3 is 1. The van der Waals surface area contributed by atoms with Crippen molar-refractivity contribution in [1.29, 1.82) is 0 Å². The van der Waals surface area contributed by atoms with Crippen LogP contribution in [0.5, 0.6) is 5.75 Å². The molecule has 0 saturated carbocycles. The summed E-state index contributed by atoms with van der Waals surface area (Å²) in [5, 5.41) is 7.04. The lowest BCUT2D eigenvalue weighted by Gasteiger charge is -2.31. The average Bonchev–Trinajstić information content (AvgIpc) is 3.07. The van der Waals surface area contributed by atoms with Crippen LogP contribution in [0.15, 0.2) is 65.4 Å². The molecule has 4 rings (SSSR count). The molecule has 2 aromatic carbocycles. The number of aryl methyl sites for hydroxylation is 1. The van der Waals surface area contributed by atoms with Gasteiger partial charge in [-0.15, -0.1) is 0 Å². The van der Waals surface area contributed by atoms with Crippen LogP contribution in [0.25, 0.3) is 0 Å². The van der Waals surface area contributed by atoms with E-state index in [2.05, 4.69) is 36.4 Å². The third-order valence-corrected chi connectivity index (χ3v) is 5.44. The molecular formula is C23H24N2O2. The summed E-state index contributed by atoms with van der Waals surface area (Å²) >= 11 is 0. The van der Waals surface area contributed by atoms with E-state index in [0.29, 0.717) is 5.92 Å². The summed E-state index contributed by atoms with van der Waals surface area (Å²) in [6, 6.07) is 16.8. The largest absolute Gasteiger partial charge is 0.497 e. The van der Waals surface area contributed by atoms with Crippen molar-refractivity contribution in [3.05, 3.63) is 77.0 Å². The fourth-order valence-corrected chi connectivity index (χ4v) is 4.27. The van der Waals surface area contributed by atoms with Crippen LogP contribution in [0, 0.1) is 5.92 Å². The lowest BCUT2D eigenvalue weighted by Crippen LogP contribution is -2.28. The third-order valence-electron chi connectivity index (χ3n) is 5.44. The highest BCUT2D eigenvalue weighted by Gasteiger charge is 2.42. The van der Waals surface area contributed by atoms with Crippen LogP contribution in [0.2, 0.25) is 0 Å². The van der Waals surface area contributed by atoms with Gasteiger partial charge in [0.15, 0.2) is 5.78 Å². The predicted molar refractivity (Wildman–Crippen MR) is 107 cm³/mol. The molecule has 4 nitrogen and oxygen atoms in total. The molecule has 2 aromatic rings. The average molecular weight is 360 g/mol. The quantitative estimate of drug-likeness (QED) is 0.753. The molecule has 1 heterocycles. The second-order valence-corrected chi connectivity index (χ2v) is 7.25.